The zero-order valence-corrected chi connectivity index (χ0v) is 17.0. The minimum atomic E-state index is -0.776. The van der Waals surface area contributed by atoms with E-state index in [4.69, 9.17) is 20.5 Å². The van der Waals surface area contributed by atoms with Crippen LogP contribution in [0.3, 0.4) is 0 Å². The lowest BCUT2D eigenvalue weighted by molar-refractivity contribution is -0.139. The molecule has 0 heterocycles. The summed E-state index contributed by atoms with van der Waals surface area (Å²) in [7, 11) is 0. The van der Waals surface area contributed by atoms with Crippen molar-refractivity contribution >= 4 is 18.1 Å². The fourth-order valence-corrected chi connectivity index (χ4v) is 3.86. The Morgan fingerprint density at radius 2 is 1.82 bits per heavy atom. The van der Waals surface area contributed by atoms with Crippen molar-refractivity contribution in [1.82, 2.24) is 15.8 Å². The summed E-state index contributed by atoms with van der Waals surface area (Å²) >= 11 is 0. The van der Waals surface area contributed by atoms with Gasteiger partial charge in [0, 0.05) is 12.1 Å². The summed E-state index contributed by atoms with van der Waals surface area (Å²) in [4.78, 5) is 34.8. The summed E-state index contributed by atoms with van der Waals surface area (Å²) in [5.41, 5.74) is 1.37. The van der Waals surface area contributed by atoms with Gasteiger partial charge in [0.1, 0.15) is 13.2 Å². The summed E-state index contributed by atoms with van der Waals surface area (Å²) in [6, 6.07) is -1.07. The number of carbonyl (C=O) groups excluding carboxylic acids is 3. The van der Waals surface area contributed by atoms with Crippen LogP contribution < -0.4 is 16.6 Å². The van der Waals surface area contributed by atoms with E-state index in [0.717, 1.165) is 11.4 Å². The molecule has 10 nitrogen and oxygen atoms in total. The SMILES string of the molecule is C=C(C)C(=O)OCCOC(=O)NCC1(C)CC(N(N)C(=O)NO)CC(C)(C)C1. The maximum absolute atomic E-state index is 11.9. The molecule has 0 radical (unpaired) electrons. The minimum Gasteiger partial charge on any atom is -0.459 e. The Bertz CT molecular complexity index is 609. The quantitative estimate of drug-likeness (QED) is 0.0968. The molecule has 2 atom stereocenters. The first-order valence-corrected chi connectivity index (χ1v) is 9.10. The number of hydroxylamine groups is 1. The highest BCUT2D eigenvalue weighted by Crippen LogP contribution is 2.46. The second kappa shape index (κ2) is 9.74. The third-order valence-electron chi connectivity index (χ3n) is 4.70. The van der Waals surface area contributed by atoms with Gasteiger partial charge in [-0.1, -0.05) is 27.4 Å². The van der Waals surface area contributed by atoms with Crippen LogP contribution in [0.4, 0.5) is 9.59 Å². The normalized spacial score (nSPS) is 23.3. The van der Waals surface area contributed by atoms with Crippen molar-refractivity contribution in [2.75, 3.05) is 19.8 Å². The highest BCUT2D eigenvalue weighted by atomic mass is 16.6. The third kappa shape index (κ3) is 7.35. The van der Waals surface area contributed by atoms with Crippen LogP contribution >= 0.6 is 0 Å². The Kier molecular flexibility index (Phi) is 8.25. The van der Waals surface area contributed by atoms with Crippen LogP contribution in [-0.4, -0.2) is 54.1 Å². The number of nitrogens with two attached hydrogens (primary N) is 1. The molecule has 0 aromatic rings. The molecule has 1 fully saturated rings. The number of carbonyl (C=O) groups is 3. The summed E-state index contributed by atoms with van der Waals surface area (Å²) in [6.07, 6.45) is 1.41. The smallest absolute Gasteiger partial charge is 0.407 e. The Labute approximate surface area is 165 Å². The first-order chi connectivity index (χ1) is 12.9. The molecule has 1 aliphatic carbocycles. The van der Waals surface area contributed by atoms with E-state index in [9.17, 15) is 14.4 Å². The lowest BCUT2D eigenvalue weighted by Crippen LogP contribution is -2.56. The first kappa shape index (κ1) is 23.7. The topological polar surface area (TPSA) is 143 Å². The Morgan fingerprint density at radius 1 is 1.21 bits per heavy atom. The summed E-state index contributed by atoms with van der Waals surface area (Å²) in [5, 5.41) is 12.5. The average Bonchev–Trinajstić information content (AvgIpc) is 2.60. The predicted molar refractivity (Wildman–Crippen MR) is 101 cm³/mol. The highest BCUT2D eigenvalue weighted by molar-refractivity contribution is 5.86. The van der Waals surface area contributed by atoms with Crippen molar-refractivity contribution in [3.63, 3.8) is 0 Å². The standard InChI is InChI=1S/C18H32N4O6/c1-12(2)14(23)27-6-7-28-16(25)20-11-18(5)9-13(8-17(3,4)10-18)22(19)15(24)21-26/h13,26H,1,6-11,19H2,2-5H3,(H,20,25)(H,21,24). The van der Waals surface area contributed by atoms with E-state index in [1.165, 1.54) is 6.92 Å². The summed E-state index contributed by atoms with van der Waals surface area (Å²) < 4.78 is 9.85. The van der Waals surface area contributed by atoms with Gasteiger partial charge in [0.15, 0.2) is 0 Å². The fraction of sp³-hybridized carbons (Fsp3) is 0.722. The van der Waals surface area contributed by atoms with Crippen LogP contribution in [0.25, 0.3) is 0 Å². The molecule has 0 aromatic carbocycles. The zero-order valence-electron chi connectivity index (χ0n) is 17.0. The van der Waals surface area contributed by atoms with E-state index in [1.807, 2.05) is 6.92 Å². The van der Waals surface area contributed by atoms with Crippen molar-refractivity contribution in [2.24, 2.45) is 16.7 Å². The first-order valence-electron chi connectivity index (χ1n) is 9.10. The monoisotopic (exact) mass is 400 g/mol. The van der Waals surface area contributed by atoms with Crippen molar-refractivity contribution in [3.8, 4) is 0 Å². The maximum atomic E-state index is 11.9. The number of hydrogen-bond donors (Lipinski definition) is 4. The van der Waals surface area contributed by atoms with Crippen LogP contribution in [0.5, 0.6) is 0 Å². The Balaban J connectivity index is 2.54. The van der Waals surface area contributed by atoms with Crippen molar-refractivity contribution in [1.29, 1.82) is 0 Å². The second-order valence-corrected chi connectivity index (χ2v) is 8.44. The maximum Gasteiger partial charge on any atom is 0.407 e. The van der Waals surface area contributed by atoms with E-state index in [1.54, 1.807) is 5.48 Å². The highest BCUT2D eigenvalue weighted by Gasteiger charge is 2.43. The van der Waals surface area contributed by atoms with E-state index in [0.29, 0.717) is 19.4 Å². The lowest BCUT2D eigenvalue weighted by Gasteiger charge is -2.48. The molecule has 28 heavy (non-hydrogen) atoms. The van der Waals surface area contributed by atoms with Gasteiger partial charge in [-0.3, -0.25) is 10.2 Å². The van der Waals surface area contributed by atoms with E-state index < -0.39 is 18.1 Å². The van der Waals surface area contributed by atoms with Crippen LogP contribution in [0, 0.1) is 10.8 Å². The third-order valence-corrected chi connectivity index (χ3v) is 4.70. The molecule has 0 saturated heterocycles. The lowest BCUT2D eigenvalue weighted by atomic mass is 9.62. The van der Waals surface area contributed by atoms with Gasteiger partial charge >= 0.3 is 18.1 Å². The summed E-state index contributed by atoms with van der Waals surface area (Å²) in [6.45, 7) is 11.3. The molecular formula is C18H32N4O6. The molecule has 1 rings (SSSR count). The van der Waals surface area contributed by atoms with Crippen molar-refractivity contribution in [3.05, 3.63) is 12.2 Å². The number of hydrazine groups is 1. The number of urea groups is 1. The van der Waals surface area contributed by atoms with E-state index in [-0.39, 0.29) is 35.7 Å². The molecule has 0 bridgehead atoms. The van der Waals surface area contributed by atoms with Crippen molar-refractivity contribution < 1.29 is 29.1 Å². The Morgan fingerprint density at radius 3 is 2.39 bits per heavy atom. The predicted octanol–water partition coefficient (Wildman–Crippen LogP) is 1.69. The van der Waals surface area contributed by atoms with Crippen LogP contribution in [-0.2, 0) is 14.3 Å². The van der Waals surface area contributed by atoms with E-state index >= 15 is 0 Å². The van der Waals surface area contributed by atoms with Gasteiger partial charge in [-0.05, 0) is 37.0 Å². The number of esters is 1. The molecule has 1 aliphatic rings. The van der Waals surface area contributed by atoms with Gasteiger partial charge in [-0.25, -0.2) is 25.7 Å². The van der Waals surface area contributed by atoms with E-state index in [2.05, 4.69) is 25.7 Å². The van der Waals surface area contributed by atoms with Crippen molar-refractivity contribution in [2.45, 2.75) is 53.0 Å². The molecule has 5 N–H and O–H groups in total. The number of rotatable bonds is 7. The largest absolute Gasteiger partial charge is 0.459 e. The van der Waals surface area contributed by atoms with Crippen LogP contribution in [0.2, 0.25) is 0 Å². The molecule has 0 aliphatic heterocycles. The number of ether oxygens (including phenoxy) is 2. The number of nitrogens with zero attached hydrogens (tertiary/aromatic N) is 1. The Hall–Kier alpha value is -2.33. The molecule has 160 valence electrons. The van der Waals surface area contributed by atoms with Crippen LogP contribution in [0.15, 0.2) is 12.2 Å². The fourth-order valence-electron chi connectivity index (χ4n) is 3.86. The molecule has 0 aromatic heterocycles. The molecular weight excluding hydrogens is 368 g/mol. The van der Waals surface area contributed by atoms with Gasteiger partial charge in [0.05, 0.1) is 6.04 Å². The van der Waals surface area contributed by atoms with Gasteiger partial charge in [0.25, 0.3) is 0 Å². The molecule has 10 heteroatoms. The number of nitrogens with one attached hydrogen (secondary N) is 2. The average molecular weight is 400 g/mol. The number of hydrogen-bond acceptors (Lipinski definition) is 7. The number of amides is 3. The van der Waals surface area contributed by atoms with Gasteiger partial charge in [-0.15, -0.1) is 0 Å². The minimum absolute atomic E-state index is 0.0517. The zero-order chi connectivity index (χ0) is 21.5. The van der Waals surface area contributed by atoms with Gasteiger partial charge in [-0.2, -0.15) is 0 Å². The molecule has 1 saturated carbocycles. The van der Waals surface area contributed by atoms with Crippen LogP contribution in [0.1, 0.15) is 47.0 Å². The summed E-state index contributed by atoms with van der Waals surface area (Å²) in [5.74, 6) is 5.29. The van der Waals surface area contributed by atoms with Gasteiger partial charge < -0.3 is 14.8 Å². The molecule has 2 unspecified atom stereocenters. The van der Waals surface area contributed by atoms with Gasteiger partial charge in [0.2, 0.25) is 0 Å². The molecule has 0 spiro atoms. The number of alkyl carbamates (subject to hydrolysis) is 1. The second-order valence-electron chi connectivity index (χ2n) is 8.44. The molecule has 3 amide bonds.